The molecule has 0 radical (unpaired) electrons. The van der Waals surface area contributed by atoms with Crippen LogP contribution < -0.4 is 5.73 Å². The van der Waals surface area contributed by atoms with Gasteiger partial charge in [0, 0.05) is 65.2 Å². The van der Waals surface area contributed by atoms with Crippen LogP contribution in [0.4, 0.5) is 10.6 Å². The lowest BCUT2D eigenvalue weighted by Crippen LogP contribution is -2.39. The number of carbonyl (C=O) groups excluding carboxylic acids is 1. The van der Waals surface area contributed by atoms with E-state index in [1.807, 2.05) is 27.0 Å². The monoisotopic (exact) mass is 495 g/mol. The van der Waals surface area contributed by atoms with Crippen molar-refractivity contribution >= 4 is 39.9 Å². The summed E-state index contributed by atoms with van der Waals surface area (Å²) in [5.74, 6) is 0.527. The zero-order valence-corrected chi connectivity index (χ0v) is 21.4. The lowest BCUT2D eigenvalue weighted by Gasteiger charge is -2.29. The van der Waals surface area contributed by atoms with Gasteiger partial charge in [0.15, 0.2) is 0 Å². The smallest absolute Gasteiger partial charge is 0.410 e. The molecule has 1 fully saturated rings. The van der Waals surface area contributed by atoms with Crippen molar-refractivity contribution in [3.63, 3.8) is 0 Å². The molecule has 5 heterocycles. The number of hydrogen-bond acceptors (Lipinski definition) is 7. The number of fused-ring (bicyclic) bond motifs is 1. The molecule has 2 aliphatic heterocycles. The summed E-state index contributed by atoms with van der Waals surface area (Å²) in [5.41, 5.74) is 9.94. The number of nitrogens with two attached hydrogens (primary N) is 1. The molecule has 0 spiro atoms. The van der Waals surface area contributed by atoms with Crippen molar-refractivity contribution in [1.82, 2.24) is 19.8 Å². The predicted octanol–water partition coefficient (Wildman–Crippen LogP) is 4.73. The summed E-state index contributed by atoms with van der Waals surface area (Å²) in [6, 6.07) is 6.48. The fourth-order valence-corrected chi connectivity index (χ4v) is 5.59. The second kappa shape index (κ2) is 9.64. The molecule has 3 N–H and O–H groups in total. The number of aromatic amines is 1. The number of pyridine rings is 1. The third-order valence-electron chi connectivity index (χ3n) is 6.31. The first-order chi connectivity index (χ1) is 16.8. The second-order valence-corrected chi connectivity index (χ2v) is 11.2. The summed E-state index contributed by atoms with van der Waals surface area (Å²) in [7, 11) is 0. The van der Waals surface area contributed by atoms with Crippen LogP contribution in [0, 0.1) is 0 Å². The summed E-state index contributed by atoms with van der Waals surface area (Å²) in [6.07, 6.45) is 4.59. The zero-order valence-electron chi connectivity index (χ0n) is 20.6. The number of rotatable bonds is 4. The standard InChI is InChI=1S/C26H33N5O3S/c1-26(2,3)34-25(32)31-8-6-17(7-9-31)21-15-28-24-19(21)14-20(23(27)29-24)22-5-4-18(35-22)16-30-10-12-33-13-11-30/h4-6,14-15H,7-13,16H2,1-3H3,(H3,27,28,29). The molecule has 0 bridgehead atoms. The van der Waals surface area contributed by atoms with E-state index in [0.29, 0.717) is 18.9 Å². The number of nitrogen functional groups attached to an aromatic ring is 1. The third kappa shape index (κ3) is 5.37. The van der Waals surface area contributed by atoms with Gasteiger partial charge in [-0.05, 0) is 51.0 Å². The molecule has 9 heteroatoms. The van der Waals surface area contributed by atoms with Crippen molar-refractivity contribution < 1.29 is 14.3 Å². The number of aromatic nitrogens is 2. The summed E-state index contributed by atoms with van der Waals surface area (Å²) < 4.78 is 11.0. The first kappa shape index (κ1) is 23.8. The molecule has 5 rings (SSSR count). The molecule has 2 aliphatic rings. The van der Waals surface area contributed by atoms with Gasteiger partial charge in [-0.3, -0.25) is 4.90 Å². The Hall–Kier alpha value is -2.88. The van der Waals surface area contributed by atoms with Gasteiger partial charge < -0.3 is 25.1 Å². The van der Waals surface area contributed by atoms with E-state index in [1.54, 1.807) is 16.2 Å². The maximum Gasteiger partial charge on any atom is 0.410 e. The van der Waals surface area contributed by atoms with E-state index in [2.05, 4.69) is 39.1 Å². The molecular formula is C26H33N5O3S. The molecule has 186 valence electrons. The number of anilines is 1. The molecule has 0 aromatic carbocycles. The minimum absolute atomic E-state index is 0.269. The van der Waals surface area contributed by atoms with Crippen molar-refractivity contribution in [2.45, 2.75) is 39.3 Å². The maximum absolute atomic E-state index is 12.4. The van der Waals surface area contributed by atoms with E-state index >= 15 is 0 Å². The number of nitrogens with one attached hydrogen (secondary N) is 1. The number of morpholine rings is 1. The number of carbonyl (C=O) groups is 1. The Balaban J connectivity index is 1.36. The highest BCUT2D eigenvalue weighted by atomic mass is 32.1. The Labute approximate surface area is 209 Å². The summed E-state index contributed by atoms with van der Waals surface area (Å²) >= 11 is 1.77. The predicted molar refractivity (Wildman–Crippen MR) is 140 cm³/mol. The maximum atomic E-state index is 12.4. The Bertz CT molecular complexity index is 1250. The minimum atomic E-state index is -0.496. The summed E-state index contributed by atoms with van der Waals surface area (Å²) in [4.78, 5) is 27.0. The largest absolute Gasteiger partial charge is 0.444 e. The Morgan fingerprint density at radius 3 is 2.74 bits per heavy atom. The summed E-state index contributed by atoms with van der Waals surface area (Å²) in [5, 5.41) is 1.05. The van der Waals surface area contributed by atoms with E-state index in [9.17, 15) is 4.79 Å². The number of hydrogen-bond donors (Lipinski definition) is 2. The van der Waals surface area contributed by atoms with Gasteiger partial charge >= 0.3 is 6.09 Å². The van der Waals surface area contributed by atoms with Crippen molar-refractivity contribution in [3.05, 3.63) is 40.9 Å². The average Bonchev–Trinajstić information content (AvgIpc) is 3.45. The second-order valence-electron chi connectivity index (χ2n) is 10.1. The quantitative estimate of drug-likeness (QED) is 0.543. The van der Waals surface area contributed by atoms with Crippen LogP contribution in [-0.4, -0.2) is 70.9 Å². The molecule has 0 saturated carbocycles. The van der Waals surface area contributed by atoms with Crippen LogP contribution >= 0.6 is 11.3 Å². The van der Waals surface area contributed by atoms with Crippen LogP contribution in [0.5, 0.6) is 0 Å². The Morgan fingerprint density at radius 1 is 1.23 bits per heavy atom. The molecular weight excluding hydrogens is 462 g/mol. The highest BCUT2D eigenvalue weighted by Gasteiger charge is 2.25. The summed E-state index contributed by atoms with van der Waals surface area (Å²) in [6.45, 7) is 11.3. The zero-order chi connectivity index (χ0) is 24.6. The van der Waals surface area contributed by atoms with E-state index < -0.39 is 5.60 Å². The van der Waals surface area contributed by atoms with E-state index in [-0.39, 0.29) is 6.09 Å². The van der Waals surface area contributed by atoms with E-state index in [0.717, 1.165) is 66.3 Å². The van der Waals surface area contributed by atoms with Gasteiger partial charge in [-0.25, -0.2) is 9.78 Å². The van der Waals surface area contributed by atoms with Crippen LogP contribution in [0.2, 0.25) is 0 Å². The van der Waals surface area contributed by atoms with Crippen LogP contribution in [0.25, 0.3) is 27.0 Å². The molecule has 8 nitrogen and oxygen atoms in total. The molecule has 35 heavy (non-hydrogen) atoms. The van der Waals surface area contributed by atoms with Gasteiger partial charge in [0.25, 0.3) is 0 Å². The number of nitrogens with zero attached hydrogens (tertiary/aromatic N) is 3. The van der Waals surface area contributed by atoms with Crippen molar-refractivity contribution in [1.29, 1.82) is 0 Å². The van der Waals surface area contributed by atoms with Gasteiger partial charge in [-0.1, -0.05) is 6.08 Å². The Morgan fingerprint density at radius 2 is 2.03 bits per heavy atom. The number of ether oxygens (including phenoxy) is 2. The highest BCUT2D eigenvalue weighted by Crippen LogP contribution is 2.37. The normalized spacial score (nSPS) is 17.6. The van der Waals surface area contributed by atoms with Gasteiger partial charge in [-0.2, -0.15) is 0 Å². The fourth-order valence-electron chi connectivity index (χ4n) is 4.52. The number of thiophene rings is 1. The van der Waals surface area contributed by atoms with E-state index in [4.69, 9.17) is 15.2 Å². The van der Waals surface area contributed by atoms with Crippen LogP contribution in [-0.2, 0) is 16.0 Å². The van der Waals surface area contributed by atoms with Crippen molar-refractivity contribution in [3.8, 4) is 10.4 Å². The highest BCUT2D eigenvalue weighted by molar-refractivity contribution is 7.15. The Kier molecular flexibility index (Phi) is 6.57. The SMILES string of the molecule is CC(C)(C)OC(=O)N1CC=C(c2c[nH]c3nc(N)c(-c4ccc(CN5CCOCC5)s4)cc23)CC1. The third-order valence-corrected chi connectivity index (χ3v) is 7.42. The van der Waals surface area contributed by atoms with Gasteiger partial charge in [-0.15, -0.1) is 11.3 Å². The number of amides is 1. The molecule has 3 aromatic rings. The topological polar surface area (TPSA) is 96.7 Å². The van der Waals surface area contributed by atoms with Crippen molar-refractivity contribution in [2.24, 2.45) is 0 Å². The van der Waals surface area contributed by atoms with Gasteiger partial charge in [0.05, 0.1) is 13.2 Å². The first-order valence-electron chi connectivity index (χ1n) is 12.1. The van der Waals surface area contributed by atoms with Crippen LogP contribution in [0.3, 0.4) is 0 Å². The van der Waals surface area contributed by atoms with Gasteiger partial charge in [0.2, 0.25) is 0 Å². The van der Waals surface area contributed by atoms with Crippen LogP contribution in [0.15, 0.2) is 30.5 Å². The first-order valence-corrected chi connectivity index (χ1v) is 12.9. The molecule has 1 amide bonds. The number of H-pyrrole nitrogens is 1. The lowest BCUT2D eigenvalue weighted by molar-refractivity contribution is 0.0270. The molecule has 0 aliphatic carbocycles. The van der Waals surface area contributed by atoms with Crippen LogP contribution in [0.1, 0.15) is 37.6 Å². The van der Waals surface area contributed by atoms with E-state index in [1.165, 1.54) is 10.5 Å². The molecule has 1 saturated heterocycles. The molecule has 0 unspecified atom stereocenters. The molecule has 3 aromatic heterocycles. The fraction of sp³-hybridized carbons (Fsp3) is 0.462. The average molecular weight is 496 g/mol. The molecule has 0 atom stereocenters. The van der Waals surface area contributed by atoms with Crippen molar-refractivity contribution in [2.75, 3.05) is 45.1 Å². The minimum Gasteiger partial charge on any atom is -0.444 e. The lowest BCUT2D eigenvalue weighted by atomic mass is 9.99. The van der Waals surface area contributed by atoms with Gasteiger partial charge in [0.1, 0.15) is 17.1 Å².